The zero-order chi connectivity index (χ0) is 12.4. The van der Waals surface area contributed by atoms with Crippen LogP contribution in [-0.2, 0) is 11.2 Å². The highest BCUT2D eigenvalue weighted by Crippen LogP contribution is 2.29. The number of fused-ring (bicyclic) bond motifs is 1. The number of amides is 1. The van der Waals surface area contributed by atoms with Crippen molar-refractivity contribution in [2.75, 3.05) is 4.90 Å². The number of hydrogen-bond donors (Lipinski definition) is 1. The van der Waals surface area contributed by atoms with E-state index in [1.54, 1.807) is 11.8 Å². The Morgan fingerprint density at radius 2 is 1.94 bits per heavy atom. The van der Waals surface area contributed by atoms with E-state index in [1.807, 2.05) is 25.1 Å². The molecule has 0 saturated heterocycles. The molecule has 2 unspecified atom stereocenters. The van der Waals surface area contributed by atoms with Gasteiger partial charge in [-0.3, -0.25) is 4.79 Å². The first-order valence-corrected chi connectivity index (χ1v) is 6.19. The van der Waals surface area contributed by atoms with E-state index in [1.165, 1.54) is 5.56 Å². The minimum atomic E-state index is -0.523. The highest BCUT2D eigenvalue weighted by atomic mass is 16.3. The van der Waals surface area contributed by atoms with Crippen LogP contribution < -0.4 is 4.90 Å². The van der Waals surface area contributed by atoms with Crippen LogP contribution >= 0.6 is 0 Å². The summed E-state index contributed by atoms with van der Waals surface area (Å²) in [4.78, 5) is 13.9. The highest BCUT2D eigenvalue weighted by molar-refractivity contribution is 5.95. The second kappa shape index (κ2) is 4.88. The van der Waals surface area contributed by atoms with Crippen LogP contribution in [0.25, 0.3) is 0 Å². The summed E-state index contributed by atoms with van der Waals surface area (Å²) in [6.45, 7) is 3.62. The first-order valence-electron chi connectivity index (χ1n) is 6.19. The molecule has 0 saturated carbocycles. The molecule has 1 N–H and O–H groups in total. The number of hydrogen-bond acceptors (Lipinski definition) is 2. The Morgan fingerprint density at radius 1 is 1.24 bits per heavy atom. The van der Waals surface area contributed by atoms with Crippen LogP contribution in [0.2, 0.25) is 0 Å². The fourth-order valence-electron chi connectivity index (χ4n) is 2.30. The Labute approximate surface area is 102 Å². The lowest BCUT2D eigenvalue weighted by Gasteiger charge is -2.31. The lowest BCUT2D eigenvalue weighted by molar-refractivity contribution is -0.119. The number of rotatable bonds is 2. The quantitative estimate of drug-likeness (QED) is 0.850. The standard InChI is InChI=1S/C14H19NO2/c1-10(11(2)16)15-13-8-4-3-6-12(13)7-5-9-14(15)17/h3-4,6,8,10-11,16H,5,7,9H2,1-2H3. The van der Waals surface area contributed by atoms with Crippen LogP contribution in [0.3, 0.4) is 0 Å². The first kappa shape index (κ1) is 12.1. The molecule has 1 amide bonds. The molecule has 1 aromatic carbocycles. The fraction of sp³-hybridized carbons (Fsp3) is 0.500. The maximum Gasteiger partial charge on any atom is 0.227 e. The van der Waals surface area contributed by atoms with Crippen LogP contribution in [-0.4, -0.2) is 23.2 Å². The third kappa shape index (κ3) is 2.34. The molecule has 0 radical (unpaired) electrons. The summed E-state index contributed by atoms with van der Waals surface area (Å²) in [5.74, 6) is 0.114. The molecule has 1 aromatic rings. The van der Waals surface area contributed by atoms with Gasteiger partial charge in [0.2, 0.25) is 5.91 Å². The van der Waals surface area contributed by atoms with Crippen LogP contribution in [0.5, 0.6) is 0 Å². The predicted molar refractivity (Wildman–Crippen MR) is 68.0 cm³/mol. The van der Waals surface area contributed by atoms with Crippen molar-refractivity contribution >= 4 is 11.6 Å². The van der Waals surface area contributed by atoms with E-state index in [2.05, 4.69) is 6.07 Å². The van der Waals surface area contributed by atoms with Crippen molar-refractivity contribution in [2.24, 2.45) is 0 Å². The first-order chi connectivity index (χ1) is 8.11. The van der Waals surface area contributed by atoms with Crippen LogP contribution in [0.4, 0.5) is 5.69 Å². The number of nitrogens with zero attached hydrogens (tertiary/aromatic N) is 1. The van der Waals surface area contributed by atoms with Gasteiger partial charge in [0.1, 0.15) is 0 Å². The Morgan fingerprint density at radius 3 is 2.65 bits per heavy atom. The van der Waals surface area contributed by atoms with Crippen LogP contribution in [0.15, 0.2) is 24.3 Å². The van der Waals surface area contributed by atoms with E-state index in [9.17, 15) is 9.90 Å². The molecule has 0 fully saturated rings. The van der Waals surface area contributed by atoms with Crippen molar-refractivity contribution < 1.29 is 9.90 Å². The molecule has 0 aliphatic carbocycles. The number of aliphatic hydroxyl groups excluding tert-OH is 1. The molecule has 0 aromatic heterocycles. The van der Waals surface area contributed by atoms with Crippen LogP contribution in [0, 0.1) is 0 Å². The molecule has 92 valence electrons. The number of anilines is 1. The van der Waals surface area contributed by atoms with Crippen LogP contribution in [0.1, 0.15) is 32.3 Å². The molecule has 0 bridgehead atoms. The fourth-order valence-corrected chi connectivity index (χ4v) is 2.30. The largest absolute Gasteiger partial charge is 0.391 e. The zero-order valence-electron chi connectivity index (χ0n) is 10.4. The normalized spacial score (nSPS) is 19.5. The molecule has 2 rings (SSSR count). The van der Waals surface area contributed by atoms with E-state index in [-0.39, 0.29) is 11.9 Å². The molecule has 3 heteroatoms. The van der Waals surface area contributed by atoms with E-state index in [4.69, 9.17) is 0 Å². The molecule has 2 atom stereocenters. The van der Waals surface area contributed by atoms with E-state index in [0.717, 1.165) is 18.5 Å². The van der Waals surface area contributed by atoms with Gasteiger partial charge in [0.25, 0.3) is 0 Å². The summed E-state index contributed by atoms with van der Waals surface area (Å²) in [5, 5.41) is 9.71. The molecule has 17 heavy (non-hydrogen) atoms. The van der Waals surface area contributed by atoms with Crippen molar-refractivity contribution in [3.05, 3.63) is 29.8 Å². The molecule has 1 aliphatic rings. The SMILES string of the molecule is CC(O)C(C)N1C(=O)CCCc2ccccc21. The molecular weight excluding hydrogens is 214 g/mol. The molecule has 0 spiro atoms. The van der Waals surface area contributed by atoms with Gasteiger partial charge < -0.3 is 10.0 Å². The van der Waals surface area contributed by atoms with Gasteiger partial charge in [-0.25, -0.2) is 0 Å². The number of benzene rings is 1. The van der Waals surface area contributed by atoms with Gasteiger partial charge in [0, 0.05) is 12.1 Å². The smallest absolute Gasteiger partial charge is 0.227 e. The molecular formula is C14H19NO2. The average molecular weight is 233 g/mol. The minimum Gasteiger partial charge on any atom is -0.391 e. The second-order valence-electron chi connectivity index (χ2n) is 4.73. The summed E-state index contributed by atoms with van der Waals surface area (Å²) < 4.78 is 0. The van der Waals surface area contributed by atoms with Crippen molar-refractivity contribution in [1.29, 1.82) is 0 Å². The Hall–Kier alpha value is -1.35. The van der Waals surface area contributed by atoms with Gasteiger partial charge in [-0.05, 0) is 38.3 Å². The topological polar surface area (TPSA) is 40.5 Å². The van der Waals surface area contributed by atoms with Gasteiger partial charge >= 0.3 is 0 Å². The van der Waals surface area contributed by atoms with Gasteiger partial charge in [-0.1, -0.05) is 18.2 Å². The van der Waals surface area contributed by atoms with Gasteiger partial charge in [-0.15, -0.1) is 0 Å². The number of carbonyl (C=O) groups is 1. The number of carbonyl (C=O) groups excluding carboxylic acids is 1. The summed E-state index contributed by atoms with van der Waals surface area (Å²) in [5.41, 5.74) is 2.16. The van der Waals surface area contributed by atoms with E-state index in [0.29, 0.717) is 6.42 Å². The minimum absolute atomic E-state index is 0.114. The molecule has 1 aliphatic heterocycles. The number of aryl methyl sites for hydroxylation is 1. The van der Waals surface area contributed by atoms with E-state index >= 15 is 0 Å². The summed E-state index contributed by atoms with van der Waals surface area (Å²) in [6.07, 6.45) is 1.86. The van der Waals surface area contributed by atoms with Gasteiger partial charge in [0.15, 0.2) is 0 Å². The monoisotopic (exact) mass is 233 g/mol. The maximum atomic E-state index is 12.1. The zero-order valence-corrected chi connectivity index (χ0v) is 10.4. The third-order valence-electron chi connectivity index (χ3n) is 3.46. The molecule has 3 nitrogen and oxygen atoms in total. The maximum absolute atomic E-state index is 12.1. The Bertz CT molecular complexity index is 414. The van der Waals surface area contributed by atoms with E-state index < -0.39 is 6.10 Å². The molecule has 1 heterocycles. The summed E-state index contributed by atoms with van der Waals surface area (Å²) in [6, 6.07) is 7.80. The third-order valence-corrected chi connectivity index (χ3v) is 3.46. The van der Waals surface area contributed by atoms with Crippen molar-refractivity contribution in [3.8, 4) is 0 Å². The van der Waals surface area contributed by atoms with Gasteiger partial charge in [0.05, 0.1) is 12.1 Å². The second-order valence-corrected chi connectivity index (χ2v) is 4.73. The summed E-state index contributed by atoms with van der Waals surface area (Å²) in [7, 11) is 0. The average Bonchev–Trinajstić information content (AvgIpc) is 2.46. The van der Waals surface area contributed by atoms with Crippen molar-refractivity contribution in [3.63, 3.8) is 0 Å². The lowest BCUT2D eigenvalue weighted by Crippen LogP contribution is -2.44. The lowest BCUT2D eigenvalue weighted by atomic mass is 10.1. The van der Waals surface area contributed by atoms with Crippen molar-refractivity contribution in [1.82, 2.24) is 0 Å². The Balaban J connectivity index is 2.43. The summed E-state index contributed by atoms with van der Waals surface area (Å²) >= 11 is 0. The Kier molecular flexibility index (Phi) is 3.48. The van der Waals surface area contributed by atoms with Gasteiger partial charge in [-0.2, -0.15) is 0 Å². The number of para-hydroxylation sites is 1. The highest BCUT2D eigenvalue weighted by Gasteiger charge is 2.28. The number of aliphatic hydroxyl groups is 1. The van der Waals surface area contributed by atoms with Crippen molar-refractivity contribution in [2.45, 2.75) is 45.3 Å². The predicted octanol–water partition coefficient (Wildman–Crippen LogP) is 2.13.